The molecule has 156 valence electrons. The fraction of sp³-hybridized carbons (Fsp3) is 0.130. The summed E-state index contributed by atoms with van der Waals surface area (Å²) in [7, 11) is 0. The van der Waals surface area contributed by atoms with Gasteiger partial charge in [-0.25, -0.2) is 0 Å². The van der Waals surface area contributed by atoms with Crippen LogP contribution in [-0.2, 0) is 11.2 Å². The summed E-state index contributed by atoms with van der Waals surface area (Å²) in [6.45, 7) is 2.08. The number of amides is 1. The number of hydrogen-bond donors (Lipinski definition) is 1. The van der Waals surface area contributed by atoms with Crippen molar-refractivity contribution in [3.8, 4) is 17.1 Å². The number of thioether (sulfide) groups is 1. The minimum atomic E-state index is -0.102. The molecular formula is C23H20ClN5OS. The molecule has 2 heterocycles. The Bertz CT molecular complexity index is 1180. The topological polar surface area (TPSA) is 72.7 Å². The van der Waals surface area contributed by atoms with Gasteiger partial charge in [-0.1, -0.05) is 42.4 Å². The number of aryl methyl sites for hydroxylation is 1. The molecule has 31 heavy (non-hydrogen) atoms. The van der Waals surface area contributed by atoms with Gasteiger partial charge in [0, 0.05) is 34.4 Å². The third kappa shape index (κ3) is 5.13. The Balaban J connectivity index is 1.57. The molecular weight excluding hydrogens is 430 g/mol. The summed E-state index contributed by atoms with van der Waals surface area (Å²) in [5.41, 5.74) is 3.71. The van der Waals surface area contributed by atoms with Crippen LogP contribution in [0.15, 0.2) is 78.2 Å². The Morgan fingerprint density at radius 3 is 2.58 bits per heavy atom. The highest BCUT2D eigenvalue weighted by Crippen LogP contribution is 2.28. The van der Waals surface area contributed by atoms with E-state index < -0.39 is 0 Å². The van der Waals surface area contributed by atoms with Gasteiger partial charge < -0.3 is 5.32 Å². The van der Waals surface area contributed by atoms with Crippen LogP contribution in [0.1, 0.15) is 12.5 Å². The van der Waals surface area contributed by atoms with E-state index in [0.29, 0.717) is 16.0 Å². The average molecular weight is 450 g/mol. The van der Waals surface area contributed by atoms with Crippen LogP contribution in [-0.4, -0.2) is 31.4 Å². The van der Waals surface area contributed by atoms with Crippen LogP contribution in [0.2, 0.25) is 5.02 Å². The lowest BCUT2D eigenvalue weighted by atomic mass is 10.1. The number of carbonyl (C=O) groups is 1. The number of pyridine rings is 1. The molecule has 0 saturated heterocycles. The number of rotatable bonds is 7. The lowest BCUT2D eigenvalue weighted by Gasteiger charge is -2.11. The molecule has 1 N–H and O–H groups in total. The van der Waals surface area contributed by atoms with Crippen LogP contribution >= 0.6 is 23.4 Å². The third-order valence-corrected chi connectivity index (χ3v) is 5.79. The Morgan fingerprint density at radius 1 is 1.06 bits per heavy atom. The Kier molecular flexibility index (Phi) is 6.64. The molecule has 8 heteroatoms. The van der Waals surface area contributed by atoms with Gasteiger partial charge in [0.15, 0.2) is 11.0 Å². The molecule has 2 aromatic carbocycles. The van der Waals surface area contributed by atoms with Crippen LogP contribution in [0.5, 0.6) is 0 Å². The third-order valence-electron chi connectivity index (χ3n) is 4.61. The number of halogens is 1. The second-order valence-electron chi connectivity index (χ2n) is 6.74. The average Bonchev–Trinajstić information content (AvgIpc) is 3.23. The largest absolute Gasteiger partial charge is 0.325 e. The molecule has 1 amide bonds. The fourth-order valence-electron chi connectivity index (χ4n) is 3.07. The number of nitrogens with one attached hydrogen (secondary N) is 1. The predicted octanol–water partition coefficient (Wildman–Crippen LogP) is 5.28. The first-order chi connectivity index (χ1) is 15.1. The molecule has 0 saturated carbocycles. The summed E-state index contributed by atoms with van der Waals surface area (Å²) in [6.07, 6.45) is 4.34. The Labute approximate surface area is 189 Å². The van der Waals surface area contributed by atoms with Crippen LogP contribution < -0.4 is 5.32 Å². The lowest BCUT2D eigenvalue weighted by molar-refractivity contribution is -0.113. The van der Waals surface area contributed by atoms with Gasteiger partial charge in [0.2, 0.25) is 5.91 Å². The van der Waals surface area contributed by atoms with Crippen molar-refractivity contribution >= 4 is 35.0 Å². The first kappa shape index (κ1) is 21.1. The van der Waals surface area contributed by atoms with E-state index in [9.17, 15) is 4.79 Å². The van der Waals surface area contributed by atoms with E-state index in [-0.39, 0.29) is 11.7 Å². The molecule has 0 aliphatic rings. The molecule has 0 aliphatic heterocycles. The molecule has 0 spiro atoms. The second-order valence-corrected chi connectivity index (χ2v) is 8.12. The molecule has 4 aromatic rings. The molecule has 0 unspecified atom stereocenters. The zero-order valence-corrected chi connectivity index (χ0v) is 18.4. The van der Waals surface area contributed by atoms with E-state index in [0.717, 1.165) is 23.4 Å². The highest BCUT2D eigenvalue weighted by Gasteiger charge is 2.17. The Morgan fingerprint density at radius 2 is 1.84 bits per heavy atom. The van der Waals surface area contributed by atoms with E-state index in [2.05, 4.69) is 27.4 Å². The standard InChI is InChI=1S/C23H20ClN5OS/c1-2-16-4-3-5-19(14-16)26-21(30)15-31-23-28-27-22(17-10-12-25-13-11-17)29(23)20-8-6-18(24)7-9-20/h3-14H,2,15H2,1H3,(H,26,30). The number of hydrogen-bond acceptors (Lipinski definition) is 5. The van der Waals surface area contributed by atoms with Gasteiger partial charge in [-0.05, 0) is 60.5 Å². The lowest BCUT2D eigenvalue weighted by Crippen LogP contribution is -2.14. The molecule has 0 atom stereocenters. The first-order valence-electron chi connectivity index (χ1n) is 9.77. The van der Waals surface area contributed by atoms with E-state index in [1.807, 2.05) is 65.2 Å². The van der Waals surface area contributed by atoms with Gasteiger partial charge in [0.25, 0.3) is 0 Å². The molecule has 0 bridgehead atoms. The molecule has 6 nitrogen and oxygen atoms in total. The molecule has 0 aliphatic carbocycles. The molecule has 2 aromatic heterocycles. The number of carbonyl (C=O) groups excluding carboxylic acids is 1. The van der Waals surface area contributed by atoms with E-state index >= 15 is 0 Å². The van der Waals surface area contributed by atoms with Crippen molar-refractivity contribution in [2.45, 2.75) is 18.5 Å². The van der Waals surface area contributed by atoms with Crippen LogP contribution in [0, 0.1) is 0 Å². The van der Waals surface area contributed by atoms with Crippen LogP contribution in [0.3, 0.4) is 0 Å². The zero-order chi connectivity index (χ0) is 21.6. The van der Waals surface area contributed by atoms with Crippen molar-refractivity contribution in [1.82, 2.24) is 19.7 Å². The number of aromatic nitrogens is 4. The summed E-state index contributed by atoms with van der Waals surface area (Å²) in [6, 6.07) is 19.0. The Hall–Kier alpha value is -3.16. The minimum absolute atomic E-state index is 0.102. The van der Waals surface area contributed by atoms with Gasteiger partial charge >= 0.3 is 0 Å². The summed E-state index contributed by atoms with van der Waals surface area (Å²) < 4.78 is 1.92. The van der Waals surface area contributed by atoms with E-state index in [1.165, 1.54) is 17.3 Å². The minimum Gasteiger partial charge on any atom is -0.325 e. The van der Waals surface area contributed by atoms with Gasteiger partial charge in [0.05, 0.1) is 5.75 Å². The van der Waals surface area contributed by atoms with Crippen molar-refractivity contribution in [1.29, 1.82) is 0 Å². The molecule has 0 radical (unpaired) electrons. The van der Waals surface area contributed by atoms with E-state index in [4.69, 9.17) is 11.6 Å². The normalized spacial score (nSPS) is 10.8. The first-order valence-corrected chi connectivity index (χ1v) is 11.1. The van der Waals surface area contributed by atoms with Crippen molar-refractivity contribution in [3.63, 3.8) is 0 Å². The van der Waals surface area contributed by atoms with Gasteiger partial charge in [0.1, 0.15) is 0 Å². The highest BCUT2D eigenvalue weighted by molar-refractivity contribution is 7.99. The second kappa shape index (κ2) is 9.76. The van der Waals surface area contributed by atoms with Crippen LogP contribution in [0.25, 0.3) is 17.1 Å². The molecule has 0 fully saturated rings. The SMILES string of the molecule is CCc1cccc(NC(=O)CSc2nnc(-c3ccncc3)n2-c2ccc(Cl)cc2)c1. The summed E-state index contributed by atoms with van der Waals surface area (Å²) >= 11 is 7.39. The maximum absolute atomic E-state index is 12.5. The number of benzene rings is 2. The van der Waals surface area contributed by atoms with E-state index in [1.54, 1.807) is 12.4 Å². The number of nitrogens with zero attached hydrogens (tertiary/aromatic N) is 4. The van der Waals surface area contributed by atoms with Crippen molar-refractivity contribution in [3.05, 3.63) is 83.6 Å². The van der Waals surface area contributed by atoms with Gasteiger partial charge in [-0.15, -0.1) is 10.2 Å². The highest BCUT2D eigenvalue weighted by atomic mass is 35.5. The maximum atomic E-state index is 12.5. The van der Waals surface area contributed by atoms with Gasteiger partial charge in [-0.3, -0.25) is 14.3 Å². The van der Waals surface area contributed by atoms with Crippen LogP contribution in [0.4, 0.5) is 5.69 Å². The predicted molar refractivity (Wildman–Crippen MR) is 125 cm³/mol. The van der Waals surface area contributed by atoms with Crippen molar-refractivity contribution in [2.24, 2.45) is 0 Å². The van der Waals surface area contributed by atoms with Gasteiger partial charge in [-0.2, -0.15) is 0 Å². The summed E-state index contributed by atoms with van der Waals surface area (Å²) in [4.78, 5) is 16.6. The fourth-order valence-corrected chi connectivity index (χ4v) is 3.95. The quantitative estimate of drug-likeness (QED) is 0.389. The summed E-state index contributed by atoms with van der Waals surface area (Å²) in [5, 5.41) is 12.9. The van der Waals surface area contributed by atoms with Crippen molar-refractivity contribution < 1.29 is 4.79 Å². The molecule has 4 rings (SSSR count). The van der Waals surface area contributed by atoms with Crippen molar-refractivity contribution in [2.75, 3.05) is 11.1 Å². The number of anilines is 1. The smallest absolute Gasteiger partial charge is 0.234 e. The zero-order valence-electron chi connectivity index (χ0n) is 16.8. The monoisotopic (exact) mass is 449 g/mol. The summed E-state index contributed by atoms with van der Waals surface area (Å²) in [5.74, 6) is 0.774. The maximum Gasteiger partial charge on any atom is 0.234 e.